The van der Waals surface area contributed by atoms with Crippen LogP contribution in [0.4, 0.5) is 4.39 Å². The van der Waals surface area contributed by atoms with Crippen molar-refractivity contribution in [3.05, 3.63) is 23.6 Å². The third-order valence-corrected chi connectivity index (χ3v) is 3.49. The maximum absolute atomic E-state index is 14.1. The summed E-state index contributed by atoms with van der Waals surface area (Å²) in [5.41, 5.74) is 0.576. The molecule has 2 atom stereocenters. The molecular formula is C14H21FN2O2. The standard InChI is InChI=1S/C14H21FN2O2/c1-16-9-10-6-7-17-14(13(10)15)19-12-5-3-4-11(8-12)18-2/h6-7,11-12,16H,3-5,8-9H2,1-2H3. The zero-order valence-corrected chi connectivity index (χ0v) is 11.5. The third-order valence-electron chi connectivity index (χ3n) is 3.49. The molecule has 0 spiro atoms. The molecule has 0 saturated heterocycles. The molecule has 1 N–H and O–H groups in total. The predicted octanol–water partition coefficient (Wildman–Crippen LogP) is 2.28. The summed E-state index contributed by atoms with van der Waals surface area (Å²) in [5, 5.41) is 2.93. The quantitative estimate of drug-likeness (QED) is 0.889. The lowest BCUT2D eigenvalue weighted by molar-refractivity contribution is 0.0181. The molecule has 2 unspecified atom stereocenters. The number of methoxy groups -OCH3 is 1. The minimum absolute atomic E-state index is 0.00876. The van der Waals surface area contributed by atoms with Crippen molar-refractivity contribution >= 4 is 0 Å². The van der Waals surface area contributed by atoms with E-state index >= 15 is 0 Å². The highest BCUT2D eigenvalue weighted by Gasteiger charge is 2.24. The van der Waals surface area contributed by atoms with Gasteiger partial charge in [0.25, 0.3) is 5.88 Å². The number of halogens is 1. The van der Waals surface area contributed by atoms with Crippen molar-refractivity contribution in [2.45, 2.75) is 44.4 Å². The Hall–Kier alpha value is -1.20. The highest BCUT2D eigenvalue weighted by Crippen LogP contribution is 2.26. The van der Waals surface area contributed by atoms with E-state index in [0.717, 1.165) is 25.7 Å². The highest BCUT2D eigenvalue weighted by molar-refractivity contribution is 5.23. The Kier molecular flexibility index (Phi) is 5.10. The van der Waals surface area contributed by atoms with E-state index in [1.807, 2.05) is 0 Å². The molecule has 1 aliphatic rings. The summed E-state index contributed by atoms with van der Waals surface area (Å²) in [7, 11) is 3.49. The fraction of sp³-hybridized carbons (Fsp3) is 0.643. The normalized spacial score (nSPS) is 23.3. The van der Waals surface area contributed by atoms with Crippen molar-refractivity contribution in [1.29, 1.82) is 0 Å². The van der Waals surface area contributed by atoms with Crippen molar-refractivity contribution in [3.63, 3.8) is 0 Å². The van der Waals surface area contributed by atoms with Crippen LogP contribution in [-0.2, 0) is 11.3 Å². The summed E-state index contributed by atoms with van der Waals surface area (Å²) >= 11 is 0. The van der Waals surface area contributed by atoms with Crippen LogP contribution in [-0.4, -0.2) is 31.3 Å². The largest absolute Gasteiger partial charge is 0.472 e. The summed E-state index contributed by atoms with van der Waals surface area (Å²) in [6.45, 7) is 0.468. The first-order chi connectivity index (χ1) is 9.24. The van der Waals surface area contributed by atoms with Crippen molar-refractivity contribution in [2.24, 2.45) is 0 Å². The predicted molar refractivity (Wildman–Crippen MR) is 70.6 cm³/mol. The van der Waals surface area contributed by atoms with Crippen molar-refractivity contribution in [2.75, 3.05) is 14.2 Å². The molecule has 0 aliphatic heterocycles. The lowest BCUT2D eigenvalue weighted by Gasteiger charge is -2.28. The van der Waals surface area contributed by atoms with Crippen LogP contribution in [0.25, 0.3) is 0 Å². The van der Waals surface area contributed by atoms with E-state index in [4.69, 9.17) is 9.47 Å². The van der Waals surface area contributed by atoms with Crippen LogP contribution in [0.5, 0.6) is 5.88 Å². The van der Waals surface area contributed by atoms with E-state index in [-0.39, 0.29) is 23.9 Å². The molecule has 1 aromatic heterocycles. The van der Waals surface area contributed by atoms with E-state index in [2.05, 4.69) is 10.3 Å². The second-order valence-electron chi connectivity index (χ2n) is 4.88. The van der Waals surface area contributed by atoms with E-state index in [1.54, 1.807) is 26.4 Å². The van der Waals surface area contributed by atoms with Gasteiger partial charge < -0.3 is 14.8 Å². The molecule has 1 saturated carbocycles. The summed E-state index contributed by atoms with van der Waals surface area (Å²) in [5.74, 6) is -0.258. The van der Waals surface area contributed by atoms with Crippen molar-refractivity contribution in [3.8, 4) is 5.88 Å². The van der Waals surface area contributed by atoms with Gasteiger partial charge in [0.15, 0.2) is 5.82 Å². The molecule has 106 valence electrons. The fourth-order valence-electron chi connectivity index (χ4n) is 2.45. The number of rotatable bonds is 5. The van der Waals surface area contributed by atoms with Crippen LogP contribution in [0, 0.1) is 5.82 Å². The van der Waals surface area contributed by atoms with Crippen molar-refractivity contribution < 1.29 is 13.9 Å². The lowest BCUT2D eigenvalue weighted by Crippen LogP contribution is -2.30. The summed E-state index contributed by atoms with van der Waals surface area (Å²) in [6, 6.07) is 1.66. The van der Waals surface area contributed by atoms with Gasteiger partial charge in [-0.3, -0.25) is 0 Å². The average molecular weight is 268 g/mol. The zero-order chi connectivity index (χ0) is 13.7. The average Bonchev–Trinajstić information content (AvgIpc) is 2.44. The Morgan fingerprint density at radius 3 is 2.95 bits per heavy atom. The number of hydrogen-bond acceptors (Lipinski definition) is 4. The van der Waals surface area contributed by atoms with Crippen LogP contribution in [0.1, 0.15) is 31.2 Å². The van der Waals surface area contributed by atoms with Crippen LogP contribution >= 0.6 is 0 Å². The number of hydrogen-bond donors (Lipinski definition) is 1. The monoisotopic (exact) mass is 268 g/mol. The number of nitrogens with one attached hydrogen (secondary N) is 1. The number of nitrogens with zero attached hydrogens (tertiary/aromatic N) is 1. The first-order valence-electron chi connectivity index (χ1n) is 6.72. The van der Waals surface area contributed by atoms with E-state index < -0.39 is 0 Å². The van der Waals surface area contributed by atoms with E-state index in [9.17, 15) is 4.39 Å². The molecule has 0 radical (unpaired) electrons. The molecule has 4 nitrogen and oxygen atoms in total. The van der Waals surface area contributed by atoms with Gasteiger partial charge >= 0.3 is 0 Å². The number of ether oxygens (including phenoxy) is 2. The zero-order valence-electron chi connectivity index (χ0n) is 11.5. The SMILES string of the molecule is CNCc1ccnc(OC2CCCC(OC)C2)c1F. The molecular weight excluding hydrogens is 247 g/mol. The first kappa shape index (κ1) is 14.2. The second kappa shape index (κ2) is 6.82. The maximum Gasteiger partial charge on any atom is 0.250 e. The van der Waals surface area contributed by atoms with Gasteiger partial charge in [-0.1, -0.05) is 0 Å². The first-order valence-corrected chi connectivity index (χ1v) is 6.72. The summed E-state index contributed by atoms with van der Waals surface area (Å²) in [4.78, 5) is 4.00. The molecule has 0 amide bonds. The van der Waals surface area contributed by atoms with Gasteiger partial charge in [-0.25, -0.2) is 9.37 Å². The minimum Gasteiger partial charge on any atom is -0.472 e. The van der Waals surface area contributed by atoms with E-state index in [1.165, 1.54) is 0 Å². The number of pyridine rings is 1. The molecule has 2 rings (SSSR count). The second-order valence-corrected chi connectivity index (χ2v) is 4.88. The smallest absolute Gasteiger partial charge is 0.250 e. The van der Waals surface area contributed by atoms with Gasteiger partial charge in [-0.15, -0.1) is 0 Å². The molecule has 1 heterocycles. The van der Waals surface area contributed by atoms with Gasteiger partial charge in [0, 0.05) is 31.8 Å². The van der Waals surface area contributed by atoms with Crippen LogP contribution in [0.2, 0.25) is 0 Å². The van der Waals surface area contributed by atoms with Gasteiger partial charge in [-0.2, -0.15) is 0 Å². The minimum atomic E-state index is -0.364. The lowest BCUT2D eigenvalue weighted by atomic mass is 9.95. The molecule has 0 bridgehead atoms. The third kappa shape index (κ3) is 3.64. The van der Waals surface area contributed by atoms with Gasteiger partial charge in [0.2, 0.25) is 0 Å². The van der Waals surface area contributed by atoms with Crippen LogP contribution < -0.4 is 10.1 Å². The van der Waals surface area contributed by atoms with Crippen LogP contribution in [0.15, 0.2) is 12.3 Å². The van der Waals surface area contributed by atoms with Gasteiger partial charge in [0.05, 0.1) is 6.10 Å². The Labute approximate surface area is 113 Å². The van der Waals surface area contributed by atoms with Crippen LogP contribution in [0.3, 0.4) is 0 Å². The Morgan fingerprint density at radius 2 is 2.21 bits per heavy atom. The topological polar surface area (TPSA) is 43.4 Å². The molecule has 19 heavy (non-hydrogen) atoms. The van der Waals surface area contributed by atoms with Crippen molar-refractivity contribution in [1.82, 2.24) is 10.3 Å². The summed E-state index contributed by atoms with van der Waals surface area (Å²) < 4.78 is 25.2. The Morgan fingerprint density at radius 1 is 1.42 bits per heavy atom. The molecule has 1 aromatic rings. The highest BCUT2D eigenvalue weighted by atomic mass is 19.1. The molecule has 5 heteroatoms. The van der Waals surface area contributed by atoms with E-state index in [0.29, 0.717) is 12.1 Å². The molecule has 1 aliphatic carbocycles. The molecule has 1 fully saturated rings. The Balaban J connectivity index is 2.04. The summed E-state index contributed by atoms with van der Waals surface area (Å²) in [6.07, 6.45) is 5.60. The van der Waals surface area contributed by atoms with Gasteiger partial charge in [-0.05, 0) is 32.4 Å². The van der Waals surface area contributed by atoms with Gasteiger partial charge in [0.1, 0.15) is 6.10 Å². The number of aromatic nitrogens is 1. The maximum atomic E-state index is 14.1. The molecule has 0 aromatic carbocycles. The Bertz CT molecular complexity index is 414. The fourth-order valence-corrected chi connectivity index (χ4v) is 2.45.